The highest BCUT2D eigenvalue weighted by molar-refractivity contribution is 5.84. The number of nitrogens with zero attached hydrogens (tertiary/aromatic N) is 4. The molecule has 2 aromatic rings. The fourth-order valence-corrected chi connectivity index (χ4v) is 4.21. The summed E-state index contributed by atoms with van der Waals surface area (Å²) >= 11 is 0. The van der Waals surface area contributed by atoms with Gasteiger partial charge in [-0.2, -0.15) is 0 Å². The first kappa shape index (κ1) is 18.1. The molecule has 0 bridgehead atoms. The molecule has 144 valence electrons. The first-order valence-corrected chi connectivity index (χ1v) is 9.31. The molecule has 1 aromatic heterocycles. The van der Waals surface area contributed by atoms with E-state index >= 15 is 0 Å². The summed E-state index contributed by atoms with van der Waals surface area (Å²) in [5.74, 6) is 0.552. The SMILES string of the molecule is O=C1N(CCO)CCCC12CCN(Cc1nnc(-c3cccc(F)c3)o1)C2. The van der Waals surface area contributed by atoms with Crippen molar-refractivity contribution in [1.82, 2.24) is 20.0 Å². The second kappa shape index (κ2) is 7.36. The van der Waals surface area contributed by atoms with Crippen molar-refractivity contribution in [3.8, 4) is 11.5 Å². The average molecular weight is 374 g/mol. The van der Waals surface area contributed by atoms with Gasteiger partial charge in [0.1, 0.15) is 5.82 Å². The maximum Gasteiger partial charge on any atom is 0.247 e. The third-order valence-electron chi connectivity index (χ3n) is 5.52. The van der Waals surface area contributed by atoms with Gasteiger partial charge in [0.05, 0.1) is 18.6 Å². The molecule has 0 aliphatic carbocycles. The fourth-order valence-electron chi connectivity index (χ4n) is 4.21. The molecular weight excluding hydrogens is 351 g/mol. The molecule has 3 heterocycles. The number of hydrogen-bond acceptors (Lipinski definition) is 6. The van der Waals surface area contributed by atoms with Crippen molar-refractivity contribution in [2.75, 3.05) is 32.8 Å². The van der Waals surface area contributed by atoms with Gasteiger partial charge in [0, 0.05) is 25.2 Å². The van der Waals surface area contributed by atoms with E-state index in [0.29, 0.717) is 37.0 Å². The van der Waals surface area contributed by atoms with Crippen molar-refractivity contribution >= 4 is 5.91 Å². The molecule has 1 N–H and O–H groups in total. The molecule has 27 heavy (non-hydrogen) atoms. The molecule has 2 fully saturated rings. The number of aliphatic hydroxyl groups excluding tert-OH is 1. The minimum Gasteiger partial charge on any atom is -0.419 e. The Balaban J connectivity index is 1.42. The van der Waals surface area contributed by atoms with Crippen molar-refractivity contribution < 1.29 is 18.7 Å². The molecule has 2 aliphatic heterocycles. The molecule has 1 amide bonds. The predicted octanol–water partition coefficient (Wildman–Crippen LogP) is 1.68. The summed E-state index contributed by atoms with van der Waals surface area (Å²) in [6, 6.07) is 6.05. The van der Waals surface area contributed by atoms with Crippen molar-refractivity contribution in [2.45, 2.75) is 25.8 Å². The Labute approximate surface area is 156 Å². The van der Waals surface area contributed by atoms with Crippen LogP contribution >= 0.6 is 0 Å². The van der Waals surface area contributed by atoms with Crippen LogP contribution in [0.2, 0.25) is 0 Å². The highest BCUT2D eigenvalue weighted by atomic mass is 19.1. The molecule has 1 unspecified atom stereocenters. The van der Waals surface area contributed by atoms with Gasteiger partial charge in [-0.1, -0.05) is 6.07 Å². The van der Waals surface area contributed by atoms with Gasteiger partial charge in [-0.15, -0.1) is 10.2 Å². The lowest BCUT2D eigenvalue weighted by Crippen LogP contribution is -2.50. The second-order valence-electron chi connectivity index (χ2n) is 7.37. The van der Waals surface area contributed by atoms with Gasteiger partial charge >= 0.3 is 0 Å². The molecule has 0 radical (unpaired) electrons. The van der Waals surface area contributed by atoms with Crippen LogP contribution in [0.3, 0.4) is 0 Å². The normalized spacial score (nSPS) is 23.5. The van der Waals surface area contributed by atoms with Crippen LogP contribution < -0.4 is 0 Å². The van der Waals surface area contributed by atoms with Gasteiger partial charge in [-0.25, -0.2) is 4.39 Å². The standard InChI is InChI=1S/C19H23FN4O3/c20-15-4-1-3-14(11-15)17-22-21-16(27-17)12-23-8-6-19(13-23)5-2-7-24(9-10-25)18(19)26/h1,3-4,11,25H,2,5-10,12-13H2. The minimum atomic E-state index is -0.362. The van der Waals surface area contributed by atoms with E-state index in [0.717, 1.165) is 32.4 Å². The number of aliphatic hydroxyl groups is 1. The molecule has 1 aromatic carbocycles. The monoisotopic (exact) mass is 374 g/mol. The van der Waals surface area contributed by atoms with E-state index in [9.17, 15) is 14.3 Å². The van der Waals surface area contributed by atoms with E-state index in [2.05, 4.69) is 15.1 Å². The molecule has 1 spiro atoms. The van der Waals surface area contributed by atoms with E-state index in [1.165, 1.54) is 12.1 Å². The van der Waals surface area contributed by atoms with Gasteiger partial charge in [0.15, 0.2) is 0 Å². The molecule has 4 rings (SSSR count). The Morgan fingerprint density at radius 1 is 1.26 bits per heavy atom. The zero-order valence-electron chi connectivity index (χ0n) is 15.1. The average Bonchev–Trinajstić information content (AvgIpc) is 3.28. The summed E-state index contributed by atoms with van der Waals surface area (Å²) in [4.78, 5) is 16.8. The number of carbonyl (C=O) groups is 1. The zero-order valence-corrected chi connectivity index (χ0v) is 15.1. The molecule has 2 aliphatic rings. The second-order valence-corrected chi connectivity index (χ2v) is 7.37. The Bertz CT molecular complexity index is 825. The van der Waals surface area contributed by atoms with E-state index in [1.54, 1.807) is 17.0 Å². The minimum absolute atomic E-state index is 0.00360. The number of hydrogen-bond donors (Lipinski definition) is 1. The van der Waals surface area contributed by atoms with Crippen molar-refractivity contribution in [1.29, 1.82) is 0 Å². The molecule has 2 saturated heterocycles. The summed E-state index contributed by atoms with van der Waals surface area (Å²) in [5.41, 5.74) is 0.187. The van der Waals surface area contributed by atoms with Crippen LogP contribution in [0.4, 0.5) is 4.39 Å². The Hall–Kier alpha value is -2.32. The van der Waals surface area contributed by atoms with Gasteiger partial charge in [0.2, 0.25) is 17.7 Å². The maximum atomic E-state index is 13.4. The lowest BCUT2D eigenvalue weighted by Gasteiger charge is -2.39. The van der Waals surface area contributed by atoms with E-state index in [-0.39, 0.29) is 23.7 Å². The third kappa shape index (κ3) is 3.59. The summed E-state index contributed by atoms with van der Waals surface area (Å²) in [6.45, 7) is 3.04. The van der Waals surface area contributed by atoms with Gasteiger partial charge in [-0.05, 0) is 44.0 Å². The van der Waals surface area contributed by atoms with Gasteiger partial charge in [0.25, 0.3) is 0 Å². The number of rotatable bonds is 5. The van der Waals surface area contributed by atoms with Gasteiger partial charge in [-0.3, -0.25) is 9.69 Å². The molecular formula is C19H23FN4O3. The number of halogens is 1. The molecule has 1 atom stereocenters. The number of benzene rings is 1. The van der Waals surface area contributed by atoms with Gasteiger partial charge < -0.3 is 14.4 Å². The quantitative estimate of drug-likeness (QED) is 0.858. The van der Waals surface area contributed by atoms with Crippen LogP contribution in [-0.4, -0.2) is 63.8 Å². The lowest BCUT2D eigenvalue weighted by atomic mass is 9.78. The molecule has 0 saturated carbocycles. The third-order valence-corrected chi connectivity index (χ3v) is 5.52. The number of carbonyl (C=O) groups excluding carboxylic acids is 1. The summed E-state index contributed by atoms with van der Waals surface area (Å²) < 4.78 is 19.1. The van der Waals surface area contributed by atoms with Crippen LogP contribution in [0.5, 0.6) is 0 Å². The fraction of sp³-hybridized carbons (Fsp3) is 0.526. The first-order valence-electron chi connectivity index (χ1n) is 9.31. The van der Waals surface area contributed by atoms with Crippen LogP contribution in [0, 0.1) is 11.2 Å². The Morgan fingerprint density at radius 2 is 2.15 bits per heavy atom. The van der Waals surface area contributed by atoms with Crippen molar-refractivity contribution in [2.24, 2.45) is 5.41 Å². The van der Waals surface area contributed by atoms with Crippen LogP contribution in [0.25, 0.3) is 11.5 Å². The Morgan fingerprint density at radius 3 is 2.96 bits per heavy atom. The number of aromatic nitrogens is 2. The smallest absolute Gasteiger partial charge is 0.247 e. The number of likely N-dealkylation sites (tertiary alicyclic amines) is 2. The number of β-amino-alcohol motifs (C(OH)–C–C–N with tert-alkyl or cyclic N) is 1. The van der Waals surface area contributed by atoms with Crippen molar-refractivity contribution in [3.63, 3.8) is 0 Å². The largest absolute Gasteiger partial charge is 0.419 e. The molecule has 7 nitrogen and oxygen atoms in total. The van der Waals surface area contributed by atoms with Crippen LogP contribution in [0.1, 0.15) is 25.2 Å². The number of amides is 1. The summed E-state index contributed by atoms with van der Waals surface area (Å²) in [6.07, 6.45) is 2.64. The summed E-state index contributed by atoms with van der Waals surface area (Å²) in [5, 5.41) is 17.3. The zero-order chi connectivity index (χ0) is 18.9. The van der Waals surface area contributed by atoms with E-state index in [4.69, 9.17) is 4.42 Å². The van der Waals surface area contributed by atoms with Crippen LogP contribution in [-0.2, 0) is 11.3 Å². The van der Waals surface area contributed by atoms with E-state index in [1.807, 2.05) is 0 Å². The molecule has 8 heteroatoms. The first-order chi connectivity index (χ1) is 13.1. The van der Waals surface area contributed by atoms with Crippen LogP contribution in [0.15, 0.2) is 28.7 Å². The lowest BCUT2D eigenvalue weighted by molar-refractivity contribution is -0.146. The van der Waals surface area contributed by atoms with E-state index < -0.39 is 0 Å². The summed E-state index contributed by atoms with van der Waals surface area (Å²) in [7, 11) is 0. The Kier molecular flexibility index (Phi) is 4.92. The predicted molar refractivity (Wildman–Crippen MR) is 94.9 cm³/mol. The van der Waals surface area contributed by atoms with Crippen molar-refractivity contribution in [3.05, 3.63) is 36.0 Å². The maximum absolute atomic E-state index is 13.4. The highest BCUT2D eigenvalue weighted by Gasteiger charge is 2.48. The topological polar surface area (TPSA) is 82.7 Å². The highest BCUT2D eigenvalue weighted by Crippen LogP contribution is 2.40. The number of piperidine rings is 1.